The van der Waals surface area contributed by atoms with Gasteiger partial charge in [-0.3, -0.25) is 29.3 Å². The molecule has 192 valence electrons. The maximum Gasteiger partial charge on any atom is 0.306 e. The lowest BCUT2D eigenvalue weighted by Crippen LogP contribution is -2.50. The molecule has 1 saturated heterocycles. The van der Waals surface area contributed by atoms with Gasteiger partial charge >= 0.3 is 5.97 Å². The van der Waals surface area contributed by atoms with E-state index in [0.717, 1.165) is 19.3 Å². The Morgan fingerprint density at radius 1 is 1.11 bits per heavy atom. The quantitative estimate of drug-likeness (QED) is 0.158. The van der Waals surface area contributed by atoms with Crippen molar-refractivity contribution in [1.29, 1.82) is 0 Å². The fraction of sp³-hybridized carbons (Fsp3) is 0.679. The minimum Gasteiger partial charge on any atom is -0.481 e. The van der Waals surface area contributed by atoms with Gasteiger partial charge in [0.2, 0.25) is 11.8 Å². The van der Waals surface area contributed by atoms with Crippen LogP contribution in [-0.2, 0) is 24.0 Å². The Labute approximate surface area is 207 Å². The molecule has 1 heterocycles. The summed E-state index contributed by atoms with van der Waals surface area (Å²) in [4.78, 5) is 65.0. The molecule has 3 rings (SSSR count). The van der Waals surface area contributed by atoms with Gasteiger partial charge in [0.05, 0.1) is 17.8 Å². The number of Topliss-reactive ketones (excluding diaryl/α,β-unsaturated/α-hetero) is 2. The Hall–Kier alpha value is -2.57. The van der Waals surface area contributed by atoms with Gasteiger partial charge in [-0.25, -0.2) is 0 Å². The van der Waals surface area contributed by atoms with Gasteiger partial charge in [-0.05, 0) is 49.4 Å². The topological polar surface area (TPSA) is 118 Å². The van der Waals surface area contributed by atoms with Gasteiger partial charge in [0.15, 0.2) is 11.6 Å². The molecule has 2 N–H and O–H groups in total. The second-order valence-electron chi connectivity index (χ2n) is 10.6. The smallest absolute Gasteiger partial charge is 0.306 e. The summed E-state index contributed by atoms with van der Waals surface area (Å²) in [6, 6.07) is 0. The predicted octanol–water partition coefficient (Wildman–Crippen LogP) is 4.12. The van der Waals surface area contributed by atoms with E-state index in [0.29, 0.717) is 31.3 Å². The molecule has 0 bridgehead atoms. The molecule has 7 heteroatoms. The highest BCUT2D eigenvalue weighted by molar-refractivity contribution is 6.18. The lowest BCUT2D eigenvalue weighted by molar-refractivity contribution is -0.148. The van der Waals surface area contributed by atoms with Crippen molar-refractivity contribution in [3.05, 3.63) is 24.3 Å². The van der Waals surface area contributed by atoms with Crippen molar-refractivity contribution in [2.24, 2.45) is 47.3 Å². The van der Waals surface area contributed by atoms with E-state index in [1.165, 1.54) is 0 Å². The lowest BCUT2D eigenvalue weighted by atomic mass is 9.55. The first-order valence-electron chi connectivity index (χ1n) is 13.1. The standard InChI is InChI=1S/C28H39NO6/c1-5-8-9-11-16(7-3)22-24(27(33)29-26(22)32)25(31)23-19(10-6-2)20(30)14-17-13-18(28(34)35)12-15(4)21(17)23/h7,10,15-18,21-24H,3,5-6,8-9,11-14H2,1-2,4H3,(H,34,35)(H,29,32,33)/b19-10+/t15-,16+,17-,18+,21+,22-,23+,24+/m0/s1. The van der Waals surface area contributed by atoms with Gasteiger partial charge in [0, 0.05) is 12.0 Å². The van der Waals surface area contributed by atoms with E-state index in [2.05, 4.69) is 18.8 Å². The van der Waals surface area contributed by atoms with Gasteiger partial charge in [-0.15, -0.1) is 6.58 Å². The minimum absolute atomic E-state index is 0.101. The van der Waals surface area contributed by atoms with Gasteiger partial charge in [0.25, 0.3) is 0 Å². The van der Waals surface area contributed by atoms with E-state index in [1.54, 1.807) is 12.2 Å². The highest BCUT2D eigenvalue weighted by Crippen LogP contribution is 2.51. The highest BCUT2D eigenvalue weighted by atomic mass is 16.4. The second-order valence-corrected chi connectivity index (χ2v) is 10.6. The number of fused-ring (bicyclic) bond motifs is 1. The van der Waals surface area contributed by atoms with E-state index in [4.69, 9.17) is 0 Å². The Morgan fingerprint density at radius 3 is 2.43 bits per heavy atom. The van der Waals surface area contributed by atoms with Crippen molar-refractivity contribution in [1.82, 2.24) is 5.32 Å². The van der Waals surface area contributed by atoms with Gasteiger partial charge < -0.3 is 5.11 Å². The zero-order valence-electron chi connectivity index (χ0n) is 21.1. The third-order valence-electron chi connectivity index (χ3n) is 8.42. The lowest BCUT2D eigenvalue weighted by Gasteiger charge is -2.47. The number of ketones is 2. The highest BCUT2D eigenvalue weighted by Gasteiger charge is 2.56. The Kier molecular flexibility index (Phi) is 8.84. The van der Waals surface area contributed by atoms with Gasteiger partial charge in [0.1, 0.15) is 5.92 Å². The van der Waals surface area contributed by atoms with E-state index < -0.39 is 41.5 Å². The maximum absolute atomic E-state index is 14.2. The molecule has 0 aromatic carbocycles. The summed E-state index contributed by atoms with van der Waals surface area (Å²) in [6.45, 7) is 9.81. The molecule has 7 nitrogen and oxygen atoms in total. The van der Waals surface area contributed by atoms with Crippen LogP contribution in [0.5, 0.6) is 0 Å². The molecular weight excluding hydrogens is 446 g/mol. The Balaban J connectivity index is 2.00. The predicted molar refractivity (Wildman–Crippen MR) is 131 cm³/mol. The molecule has 2 amide bonds. The van der Waals surface area contributed by atoms with Crippen LogP contribution >= 0.6 is 0 Å². The SMILES string of the molecule is C=C[C@H](CCCCC)[C@@H]1C(=O)NC(=O)[C@H]1C(=O)[C@@H]1/C(=C/CC)C(=O)C[C@@H]2C[C@H](C(=O)O)C[C@H](C)[C@H]21. The summed E-state index contributed by atoms with van der Waals surface area (Å²) < 4.78 is 0. The van der Waals surface area contributed by atoms with E-state index >= 15 is 0 Å². The van der Waals surface area contributed by atoms with Crippen LogP contribution < -0.4 is 5.32 Å². The molecule has 2 saturated carbocycles. The normalized spacial score (nSPS) is 34.9. The summed E-state index contributed by atoms with van der Waals surface area (Å²) in [6.07, 6.45) is 8.56. The van der Waals surface area contributed by atoms with Crippen LogP contribution in [0.25, 0.3) is 0 Å². The molecule has 1 aliphatic heterocycles. The van der Waals surface area contributed by atoms with Crippen LogP contribution in [0.15, 0.2) is 24.3 Å². The Bertz CT molecular complexity index is 920. The van der Waals surface area contributed by atoms with Crippen molar-refractivity contribution >= 4 is 29.4 Å². The molecule has 3 fully saturated rings. The third-order valence-corrected chi connectivity index (χ3v) is 8.42. The molecule has 8 atom stereocenters. The minimum atomic E-state index is -1.16. The van der Waals surface area contributed by atoms with Crippen molar-refractivity contribution in [3.8, 4) is 0 Å². The zero-order chi connectivity index (χ0) is 25.9. The number of aliphatic carboxylic acids is 1. The number of unbranched alkanes of at least 4 members (excludes halogenated alkanes) is 2. The monoisotopic (exact) mass is 485 g/mol. The van der Waals surface area contributed by atoms with Gasteiger partial charge in [-0.2, -0.15) is 0 Å². The van der Waals surface area contributed by atoms with Gasteiger partial charge in [-0.1, -0.05) is 52.2 Å². The number of allylic oxidation sites excluding steroid dienone is 3. The molecule has 0 radical (unpaired) electrons. The average Bonchev–Trinajstić information content (AvgIpc) is 3.10. The first-order valence-corrected chi connectivity index (χ1v) is 13.1. The molecule has 2 aliphatic carbocycles. The summed E-state index contributed by atoms with van der Waals surface area (Å²) in [5.41, 5.74) is 0.436. The first kappa shape index (κ1) is 27.0. The van der Waals surface area contributed by atoms with Crippen molar-refractivity contribution < 1.29 is 29.1 Å². The second kappa shape index (κ2) is 11.4. The molecule has 0 aromatic rings. The summed E-state index contributed by atoms with van der Waals surface area (Å²) in [7, 11) is 0. The largest absolute Gasteiger partial charge is 0.481 e. The van der Waals surface area contributed by atoms with Crippen LogP contribution in [0.1, 0.15) is 72.1 Å². The number of carboxylic acid groups (broad SMARTS) is 1. The van der Waals surface area contributed by atoms with E-state index in [1.807, 2.05) is 13.8 Å². The fourth-order valence-corrected chi connectivity index (χ4v) is 6.86. The van der Waals surface area contributed by atoms with Crippen molar-refractivity contribution in [2.75, 3.05) is 0 Å². The van der Waals surface area contributed by atoms with Crippen molar-refractivity contribution in [2.45, 2.75) is 72.1 Å². The number of amides is 2. The van der Waals surface area contributed by atoms with Crippen LogP contribution in [-0.4, -0.2) is 34.5 Å². The van der Waals surface area contributed by atoms with Crippen LogP contribution in [0.2, 0.25) is 0 Å². The zero-order valence-corrected chi connectivity index (χ0v) is 21.1. The van der Waals surface area contributed by atoms with E-state index in [9.17, 15) is 29.1 Å². The molecule has 3 aliphatic rings. The number of nitrogens with one attached hydrogen (secondary N) is 1. The molecule has 0 unspecified atom stereocenters. The fourth-order valence-electron chi connectivity index (χ4n) is 6.86. The number of rotatable bonds is 10. The summed E-state index contributed by atoms with van der Waals surface area (Å²) in [5.74, 6) is -6.61. The summed E-state index contributed by atoms with van der Waals surface area (Å²) >= 11 is 0. The van der Waals surface area contributed by atoms with Crippen LogP contribution in [0, 0.1) is 47.3 Å². The Morgan fingerprint density at radius 2 is 1.83 bits per heavy atom. The van der Waals surface area contributed by atoms with Crippen LogP contribution in [0.3, 0.4) is 0 Å². The number of imide groups is 1. The van der Waals surface area contributed by atoms with E-state index in [-0.39, 0.29) is 41.7 Å². The average molecular weight is 486 g/mol. The summed E-state index contributed by atoms with van der Waals surface area (Å²) in [5, 5.41) is 12.0. The number of carboxylic acids is 1. The first-order chi connectivity index (χ1) is 16.7. The third kappa shape index (κ3) is 5.34. The number of hydrogen-bond acceptors (Lipinski definition) is 5. The molecular formula is C28H39NO6. The number of carbonyl (C=O) groups excluding carboxylic acids is 4. The van der Waals surface area contributed by atoms with Crippen LogP contribution in [0.4, 0.5) is 0 Å². The molecule has 0 spiro atoms. The van der Waals surface area contributed by atoms with Crippen molar-refractivity contribution in [3.63, 3.8) is 0 Å². The number of hydrogen-bond donors (Lipinski definition) is 2. The number of carbonyl (C=O) groups is 5. The molecule has 35 heavy (non-hydrogen) atoms. The maximum atomic E-state index is 14.2. The molecule has 0 aromatic heterocycles.